The van der Waals surface area contributed by atoms with Crippen LogP contribution in [0.4, 0.5) is 0 Å². The predicted octanol–water partition coefficient (Wildman–Crippen LogP) is 3.32. The first-order chi connectivity index (χ1) is 8.27. The first-order valence-corrected chi connectivity index (χ1v) is 6.52. The van der Waals surface area contributed by atoms with Gasteiger partial charge in [-0.05, 0) is 42.3 Å². The van der Waals surface area contributed by atoms with Gasteiger partial charge in [0.2, 0.25) is 0 Å². The van der Waals surface area contributed by atoms with E-state index in [1.165, 1.54) is 10.8 Å². The lowest BCUT2D eigenvalue weighted by atomic mass is 10.1. The van der Waals surface area contributed by atoms with E-state index in [4.69, 9.17) is 10.8 Å². The molecule has 0 fully saturated rings. The van der Waals surface area contributed by atoms with Crippen molar-refractivity contribution in [2.75, 3.05) is 13.2 Å². The third-order valence-corrected chi connectivity index (χ3v) is 2.82. The van der Waals surface area contributed by atoms with Crippen molar-refractivity contribution in [2.45, 2.75) is 12.8 Å². The minimum absolute atomic E-state index is 0.275. The van der Waals surface area contributed by atoms with Crippen molar-refractivity contribution in [1.29, 1.82) is 0 Å². The van der Waals surface area contributed by atoms with E-state index < -0.39 is 0 Å². The molecule has 0 saturated heterocycles. The summed E-state index contributed by atoms with van der Waals surface area (Å²) in [6.45, 7) is 0.970. The molecule has 0 saturated carbocycles. The molecule has 0 heterocycles. The van der Waals surface area contributed by atoms with Crippen LogP contribution in [-0.4, -0.2) is 18.3 Å². The molecule has 2 aromatic rings. The van der Waals surface area contributed by atoms with E-state index in [1.54, 1.807) is 0 Å². The minimum Gasteiger partial charge on any atom is -0.396 e. The lowest BCUT2D eigenvalue weighted by Gasteiger charge is -1.95. The van der Waals surface area contributed by atoms with E-state index >= 15 is 0 Å². The second-order valence-corrected chi connectivity index (χ2v) is 4.63. The van der Waals surface area contributed by atoms with Crippen molar-refractivity contribution < 1.29 is 5.11 Å². The first kappa shape index (κ1) is 14.2. The Kier molecular flexibility index (Phi) is 6.86. The van der Waals surface area contributed by atoms with E-state index in [0.29, 0.717) is 6.54 Å². The number of aliphatic hydroxyl groups is 1. The van der Waals surface area contributed by atoms with Gasteiger partial charge >= 0.3 is 0 Å². The maximum absolute atomic E-state index is 8.14. The molecule has 0 atom stereocenters. The molecule has 3 heteroatoms. The molecule has 0 amide bonds. The SMILES string of the molecule is Brc1ccc2ccccc2c1.NCCCCO. The molecule has 0 aliphatic carbocycles. The van der Waals surface area contributed by atoms with Crippen LogP contribution >= 0.6 is 15.9 Å². The highest BCUT2D eigenvalue weighted by Crippen LogP contribution is 2.18. The second kappa shape index (κ2) is 8.23. The number of halogens is 1. The third-order valence-electron chi connectivity index (χ3n) is 2.32. The Morgan fingerprint density at radius 3 is 2.29 bits per heavy atom. The van der Waals surface area contributed by atoms with Gasteiger partial charge in [0, 0.05) is 11.1 Å². The Bertz CT molecular complexity index is 441. The van der Waals surface area contributed by atoms with Gasteiger partial charge in [-0.2, -0.15) is 0 Å². The maximum Gasteiger partial charge on any atom is 0.0431 e. The zero-order valence-corrected chi connectivity index (χ0v) is 11.4. The van der Waals surface area contributed by atoms with Crippen molar-refractivity contribution in [3.05, 3.63) is 46.9 Å². The first-order valence-electron chi connectivity index (χ1n) is 5.73. The average molecular weight is 296 g/mol. The Morgan fingerprint density at radius 1 is 1.00 bits per heavy atom. The Balaban J connectivity index is 0.000000209. The highest BCUT2D eigenvalue weighted by atomic mass is 79.9. The van der Waals surface area contributed by atoms with Gasteiger partial charge in [0.1, 0.15) is 0 Å². The zero-order chi connectivity index (χ0) is 12.5. The number of unbranched alkanes of at least 4 members (excludes halogenated alkanes) is 1. The summed E-state index contributed by atoms with van der Waals surface area (Å²) in [6.07, 6.45) is 1.78. The largest absolute Gasteiger partial charge is 0.396 e. The zero-order valence-electron chi connectivity index (χ0n) is 9.77. The van der Waals surface area contributed by atoms with E-state index in [9.17, 15) is 0 Å². The molecule has 2 rings (SSSR count). The molecule has 2 aromatic carbocycles. The standard InChI is InChI=1S/C10H7Br.C4H11NO/c11-10-6-5-8-3-1-2-4-9(8)7-10;5-3-1-2-4-6/h1-7H;6H,1-5H2. The molecule has 92 valence electrons. The second-order valence-electron chi connectivity index (χ2n) is 3.71. The van der Waals surface area contributed by atoms with Gasteiger partial charge in [0.25, 0.3) is 0 Å². The molecule has 0 bridgehead atoms. The van der Waals surface area contributed by atoms with Crippen LogP contribution in [0.5, 0.6) is 0 Å². The van der Waals surface area contributed by atoms with E-state index in [2.05, 4.69) is 58.4 Å². The summed E-state index contributed by atoms with van der Waals surface area (Å²) < 4.78 is 1.14. The van der Waals surface area contributed by atoms with E-state index in [-0.39, 0.29) is 6.61 Å². The third kappa shape index (κ3) is 5.31. The molecule has 3 N–H and O–H groups in total. The average Bonchev–Trinajstić information content (AvgIpc) is 2.37. The van der Waals surface area contributed by atoms with Crippen LogP contribution in [0.2, 0.25) is 0 Å². The fourth-order valence-corrected chi connectivity index (χ4v) is 1.80. The molecule has 2 nitrogen and oxygen atoms in total. The van der Waals surface area contributed by atoms with E-state index in [1.807, 2.05) is 0 Å². The Hall–Kier alpha value is -0.900. The summed E-state index contributed by atoms with van der Waals surface area (Å²) >= 11 is 3.43. The summed E-state index contributed by atoms with van der Waals surface area (Å²) in [7, 11) is 0. The van der Waals surface area contributed by atoms with E-state index in [0.717, 1.165) is 17.3 Å². The van der Waals surface area contributed by atoms with Gasteiger partial charge in [-0.1, -0.05) is 46.3 Å². The highest BCUT2D eigenvalue weighted by Gasteiger charge is 1.90. The fourth-order valence-electron chi connectivity index (χ4n) is 1.42. The number of hydrogen-bond donors (Lipinski definition) is 2. The molecule has 0 spiro atoms. The molecule has 0 unspecified atom stereocenters. The number of hydrogen-bond acceptors (Lipinski definition) is 2. The molecular weight excluding hydrogens is 278 g/mol. The smallest absolute Gasteiger partial charge is 0.0431 e. The van der Waals surface area contributed by atoms with Crippen molar-refractivity contribution in [3.8, 4) is 0 Å². The van der Waals surface area contributed by atoms with Crippen LogP contribution in [0.25, 0.3) is 10.8 Å². The van der Waals surface area contributed by atoms with Gasteiger partial charge in [0.05, 0.1) is 0 Å². The monoisotopic (exact) mass is 295 g/mol. The van der Waals surface area contributed by atoms with Crippen molar-refractivity contribution >= 4 is 26.7 Å². The van der Waals surface area contributed by atoms with Gasteiger partial charge in [0.15, 0.2) is 0 Å². The van der Waals surface area contributed by atoms with Crippen molar-refractivity contribution in [1.82, 2.24) is 0 Å². The van der Waals surface area contributed by atoms with Crippen LogP contribution in [-0.2, 0) is 0 Å². The molecular formula is C14H18BrNO. The lowest BCUT2D eigenvalue weighted by molar-refractivity contribution is 0.285. The van der Waals surface area contributed by atoms with Gasteiger partial charge in [-0.25, -0.2) is 0 Å². The highest BCUT2D eigenvalue weighted by molar-refractivity contribution is 9.10. The van der Waals surface area contributed by atoms with Crippen LogP contribution in [0.15, 0.2) is 46.9 Å². The normalized spacial score (nSPS) is 9.82. The van der Waals surface area contributed by atoms with Crippen molar-refractivity contribution in [3.63, 3.8) is 0 Å². The summed E-state index contributed by atoms with van der Waals surface area (Å²) in [6, 6.07) is 14.6. The summed E-state index contributed by atoms with van der Waals surface area (Å²) in [5, 5.41) is 10.7. The number of fused-ring (bicyclic) bond motifs is 1. The summed E-state index contributed by atoms with van der Waals surface area (Å²) in [5.41, 5.74) is 5.10. The lowest BCUT2D eigenvalue weighted by Crippen LogP contribution is -1.98. The minimum atomic E-state index is 0.275. The molecule has 0 aliphatic heterocycles. The number of rotatable bonds is 3. The molecule has 0 aromatic heterocycles. The van der Waals surface area contributed by atoms with Crippen LogP contribution in [0, 0.1) is 0 Å². The molecule has 17 heavy (non-hydrogen) atoms. The van der Waals surface area contributed by atoms with Crippen LogP contribution in [0.3, 0.4) is 0 Å². The maximum atomic E-state index is 8.14. The van der Waals surface area contributed by atoms with Crippen molar-refractivity contribution in [2.24, 2.45) is 5.73 Å². The van der Waals surface area contributed by atoms with Gasteiger partial charge in [-0.3, -0.25) is 0 Å². The number of nitrogens with two attached hydrogens (primary N) is 1. The Labute approximate surface area is 111 Å². The number of benzene rings is 2. The molecule has 0 aliphatic rings. The fraction of sp³-hybridized carbons (Fsp3) is 0.286. The summed E-state index contributed by atoms with van der Waals surface area (Å²) in [5.74, 6) is 0. The predicted molar refractivity (Wildman–Crippen MR) is 77.0 cm³/mol. The summed E-state index contributed by atoms with van der Waals surface area (Å²) in [4.78, 5) is 0. The topological polar surface area (TPSA) is 46.2 Å². The van der Waals surface area contributed by atoms with Crippen LogP contribution < -0.4 is 5.73 Å². The van der Waals surface area contributed by atoms with Gasteiger partial charge in [-0.15, -0.1) is 0 Å². The van der Waals surface area contributed by atoms with Gasteiger partial charge < -0.3 is 10.8 Å². The number of aliphatic hydroxyl groups excluding tert-OH is 1. The Morgan fingerprint density at radius 2 is 1.71 bits per heavy atom. The van der Waals surface area contributed by atoms with Crippen LogP contribution in [0.1, 0.15) is 12.8 Å². The molecule has 0 radical (unpaired) electrons. The quantitative estimate of drug-likeness (QED) is 0.854.